The number of halogens is 1. The molecule has 0 fully saturated rings. The number of aliphatic hydroxyl groups excluding tert-OH is 1. The van der Waals surface area contributed by atoms with Crippen LogP contribution >= 0.6 is 11.6 Å². The van der Waals surface area contributed by atoms with Crippen molar-refractivity contribution in [2.24, 2.45) is 0 Å². The zero-order valence-electron chi connectivity index (χ0n) is 13.8. The number of ether oxygens (including phenoxy) is 2. The summed E-state index contributed by atoms with van der Waals surface area (Å²) in [5.41, 5.74) is 2.37. The summed E-state index contributed by atoms with van der Waals surface area (Å²) in [6, 6.07) is 15.1. The third-order valence-electron chi connectivity index (χ3n) is 4.23. The normalized spacial score (nSPS) is 12.2. The van der Waals surface area contributed by atoms with Crippen LogP contribution in [0.1, 0.15) is 22.8 Å². The van der Waals surface area contributed by atoms with Gasteiger partial charge in [-0.3, -0.25) is 0 Å². The second kappa shape index (κ2) is 6.71. The van der Waals surface area contributed by atoms with Gasteiger partial charge in [0.05, 0.1) is 14.2 Å². The van der Waals surface area contributed by atoms with E-state index in [1.807, 2.05) is 49.4 Å². The molecule has 0 bridgehead atoms. The van der Waals surface area contributed by atoms with Crippen LogP contribution in [0, 0.1) is 6.92 Å². The van der Waals surface area contributed by atoms with Crippen molar-refractivity contribution in [1.29, 1.82) is 0 Å². The Kier molecular flexibility index (Phi) is 4.65. The highest BCUT2D eigenvalue weighted by molar-refractivity contribution is 6.30. The molecule has 4 heteroatoms. The number of methoxy groups -OCH3 is 2. The molecule has 0 aliphatic rings. The molecule has 0 aliphatic heterocycles. The molecule has 0 aromatic heterocycles. The fourth-order valence-corrected chi connectivity index (χ4v) is 3.28. The first kappa shape index (κ1) is 16.6. The first-order chi connectivity index (χ1) is 11.6. The van der Waals surface area contributed by atoms with Crippen LogP contribution in [0.25, 0.3) is 10.8 Å². The molecular weight excluding hydrogens is 324 g/mol. The molecule has 3 aromatic carbocycles. The van der Waals surface area contributed by atoms with Crippen molar-refractivity contribution in [3.8, 4) is 11.5 Å². The molecule has 3 rings (SSSR count). The molecule has 0 saturated carbocycles. The third kappa shape index (κ3) is 2.81. The average Bonchev–Trinajstić information content (AvgIpc) is 2.59. The van der Waals surface area contributed by atoms with E-state index in [1.165, 1.54) is 0 Å². The van der Waals surface area contributed by atoms with Crippen LogP contribution in [0.2, 0.25) is 5.02 Å². The van der Waals surface area contributed by atoms with Crippen molar-refractivity contribution >= 4 is 22.4 Å². The molecule has 0 radical (unpaired) electrons. The Morgan fingerprint density at radius 2 is 1.62 bits per heavy atom. The van der Waals surface area contributed by atoms with Gasteiger partial charge in [0, 0.05) is 21.4 Å². The van der Waals surface area contributed by atoms with E-state index in [-0.39, 0.29) is 0 Å². The van der Waals surface area contributed by atoms with E-state index in [0.29, 0.717) is 22.1 Å². The lowest BCUT2D eigenvalue weighted by Gasteiger charge is -2.20. The van der Waals surface area contributed by atoms with Crippen LogP contribution in [0.5, 0.6) is 11.5 Å². The van der Waals surface area contributed by atoms with Crippen LogP contribution in [0.3, 0.4) is 0 Å². The molecule has 0 heterocycles. The number of hydrogen-bond acceptors (Lipinski definition) is 3. The summed E-state index contributed by atoms with van der Waals surface area (Å²) < 4.78 is 11.1. The smallest absolute Gasteiger partial charge is 0.133 e. The monoisotopic (exact) mass is 342 g/mol. The van der Waals surface area contributed by atoms with Gasteiger partial charge in [0.25, 0.3) is 0 Å². The molecule has 0 spiro atoms. The number of benzene rings is 3. The van der Waals surface area contributed by atoms with Gasteiger partial charge in [0.15, 0.2) is 0 Å². The van der Waals surface area contributed by atoms with Crippen LogP contribution in [-0.2, 0) is 0 Å². The minimum absolute atomic E-state index is 0.645. The summed E-state index contributed by atoms with van der Waals surface area (Å²) in [6.07, 6.45) is -0.837. The SMILES string of the molecule is COc1cc(C(O)c2ccc(Cl)cc2C)c(OC)c2ccccc12. The summed E-state index contributed by atoms with van der Waals surface area (Å²) in [7, 11) is 3.23. The van der Waals surface area contributed by atoms with E-state index in [2.05, 4.69) is 0 Å². The van der Waals surface area contributed by atoms with Crippen molar-refractivity contribution in [3.63, 3.8) is 0 Å². The van der Waals surface area contributed by atoms with Gasteiger partial charge in [-0.25, -0.2) is 0 Å². The van der Waals surface area contributed by atoms with Gasteiger partial charge in [-0.1, -0.05) is 41.9 Å². The average molecular weight is 343 g/mol. The van der Waals surface area contributed by atoms with Crippen molar-refractivity contribution in [2.45, 2.75) is 13.0 Å². The van der Waals surface area contributed by atoms with Crippen molar-refractivity contribution in [3.05, 3.63) is 70.2 Å². The highest BCUT2D eigenvalue weighted by Crippen LogP contribution is 2.41. The number of rotatable bonds is 4. The summed E-state index contributed by atoms with van der Waals surface area (Å²) >= 11 is 6.03. The van der Waals surface area contributed by atoms with E-state index in [9.17, 15) is 5.11 Å². The first-order valence-corrected chi connectivity index (χ1v) is 8.02. The highest BCUT2D eigenvalue weighted by atomic mass is 35.5. The quantitative estimate of drug-likeness (QED) is 0.732. The second-order valence-electron chi connectivity index (χ2n) is 5.65. The molecule has 1 N–H and O–H groups in total. The Hall–Kier alpha value is -2.23. The Morgan fingerprint density at radius 3 is 2.25 bits per heavy atom. The molecule has 0 saturated heterocycles. The van der Waals surface area contributed by atoms with Crippen molar-refractivity contribution < 1.29 is 14.6 Å². The molecular formula is C20H19ClO3. The van der Waals surface area contributed by atoms with Gasteiger partial charge >= 0.3 is 0 Å². The number of aryl methyl sites for hydroxylation is 1. The zero-order valence-corrected chi connectivity index (χ0v) is 14.6. The van der Waals surface area contributed by atoms with Gasteiger partial charge in [-0.2, -0.15) is 0 Å². The fraction of sp³-hybridized carbons (Fsp3) is 0.200. The van der Waals surface area contributed by atoms with E-state index in [1.54, 1.807) is 20.3 Å². The van der Waals surface area contributed by atoms with Crippen molar-refractivity contribution in [1.82, 2.24) is 0 Å². The first-order valence-electron chi connectivity index (χ1n) is 7.64. The van der Waals surface area contributed by atoms with Crippen LogP contribution in [-0.4, -0.2) is 19.3 Å². The van der Waals surface area contributed by atoms with Crippen LogP contribution in [0.4, 0.5) is 0 Å². The Bertz CT molecular complexity index is 889. The van der Waals surface area contributed by atoms with Gasteiger partial charge in [-0.05, 0) is 36.2 Å². The number of fused-ring (bicyclic) bond motifs is 1. The van der Waals surface area contributed by atoms with Crippen molar-refractivity contribution in [2.75, 3.05) is 14.2 Å². The van der Waals surface area contributed by atoms with Gasteiger partial charge in [-0.15, -0.1) is 0 Å². The highest BCUT2D eigenvalue weighted by Gasteiger charge is 2.21. The molecule has 124 valence electrons. The summed E-state index contributed by atoms with van der Waals surface area (Å²) in [4.78, 5) is 0. The van der Waals surface area contributed by atoms with Gasteiger partial charge < -0.3 is 14.6 Å². The molecule has 1 atom stereocenters. The zero-order chi connectivity index (χ0) is 17.3. The molecule has 0 aliphatic carbocycles. The minimum Gasteiger partial charge on any atom is -0.496 e. The maximum Gasteiger partial charge on any atom is 0.133 e. The lowest BCUT2D eigenvalue weighted by molar-refractivity contribution is 0.214. The summed E-state index contributed by atoms with van der Waals surface area (Å²) in [6.45, 7) is 1.93. The van der Waals surface area contributed by atoms with Gasteiger partial charge in [0.1, 0.15) is 17.6 Å². The van der Waals surface area contributed by atoms with Gasteiger partial charge in [0.2, 0.25) is 0 Å². The Labute approximate surface area is 146 Å². The molecule has 3 nitrogen and oxygen atoms in total. The molecule has 1 unspecified atom stereocenters. The summed E-state index contributed by atoms with van der Waals surface area (Å²) in [5, 5.41) is 13.5. The number of aliphatic hydroxyl groups is 1. The van der Waals surface area contributed by atoms with E-state index in [4.69, 9.17) is 21.1 Å². The Balaban J connectivity index is 2.24. The summed E-state index contributed by atoms with van der Waals surface area (Å²) in [5.74, 6) is 1.35. The minimum atomic E-state index is -0.837. The third-order valence-corrected chi connectivity index (χ3v) is 4.47. The predicted molar refractivity (Wildman–Crippen MR) is 97.3 cm³/mol. The maximum absolute atomic E-state index is 11.0. The largest absolute Gasteiger partial charge is 0.496 e. The van der Waals surface area contributed by atoms with Crippen LogP contribution in [0.15, 0.2) is 48.5 Å². The fourth-order valence-electron chi connectivity index (χ4n) is 3.05. The lowest BCUT2D eigenvalue weighted by atomic mass is 9.94. The van der Waals surface area contributed by atoms with E-state index >= 15 is 0 Å². The molecule has 0 amide bonds. The predicted octanol–water partition coefficient (Wildman–Crippen LogP) is 4.90. The van der Waals surface area contributed by atoms with Crippen LogP contribution < -0.4 is 9.47 Å². The second-order valence-corrected chi connectivity index (χ2v) is 6.09. The van der Waals surface area contributed by atoms with E-state index in [0.717, 1.165) is 21.9 Å². The topological polar surface area (TPSA) is 38.7 Å². The molecule has 24 heavy (non-hydrogen) atoms. The molecule has 3 aromatic rings. The Morgan fingerprint density at radius 1 is 0.917 bits per heavy atom. The lowest BCUT2D eigenvalue weighted by Crippen LogP contribution is -2.05. The van der Waals surface area contributed by atoms with E-state index < -0.39 is 6.10 Å². The maximum atomic E-state index is 11.0. The standard InChI is InChI=1S/C20H19ClO3/c1-12-10-13(21)8-9-14(12)19(22)17-11-18(23-2)15-6-4-5-7-16(15)20(17)24-3/h4-11,19,22H,1-3H3. The number of hydrogen-bond donors (Lipinski definition) is 1.